The van der Waals surface area contributed by atoms with Crippen LogP contribution in [0.3, 0.4) is 0 Å². The van der Waals surface area contributed by atoms with Gasteiger partial charge in [-0.2, -0.15) is 13.2 Å². The van der Waals surface area contributed by atoms with Crippen LogP contribution in [0, 0.1) is 6.92 Å². The number of benzene rings is 1. The molecule has 0 amide bonds. The monoisotopic (exact) mass is 314 g/mol. The second kappa shape index (κ2) is 6.02. The molecule has 0 atom stereocenters. The summed E-state index contributed by atoms with van der Waals surface area (Å²) in [5.74, 6) is 0. The lowest BCUT2D eigenvalue weighted by atomic mass is 9.98. The highest BCUT2D eigenvalue weighted by Crippen LogP contribution is 2.34. The fourth-order valence-electron chi connectivity index (χ4n) is 2.20. The van der Waals surface area contributed by atoms with Gasteiger partial charge in [-0.05, 0) is 31.0 Å². The van der Waals surface area contributed by atoms with Gasteiger partial charge in [0.05, 0.1) is 11.3 Å². The van der Waals surface area contributed by atoms with E-state index in [0.29, 0.717) is 28.4 Å². The minimum atomic E-state index is -4.35. The Bertz CT molecular complexity index is 654. The van der Waals surface area contributed by atoms with Crippen molar-refractivity contribution in [1.29, 1.82) is 0 Å². The molecule has 1 aromatic heterocycles. The summed E-state index contributed by atoms with van der Waals surface area (Å²) in [6.07, 6.45) is -1.50. The molecule has 21 heavy (non-hydrogen) atoms. The Morgan fingerprint density at radius 1 is 1.19 bits per heavy atom. The molecular weight excluding hydrogens is 301 g/mol. The molecule has 0 aliphatic carbocycles. The van der Waals surface area contributed by atoms with Gasteiger partial charge >= 0.3 is 6.18 Å². The molecule has 6 heteroatoms. The van der Waals surface area contributed by atoms with E-state index in [1.54, 1.807) is 6.92 Å². The normalized spacial score (nSPS) is 11.7. The predicted octanol–water partition coefficient (Wildman–Crippen LogP) is 5.08. The second-order valence-electron chi connectivity index (χ2n) is 4.77. The van der Waals surface area contributed by atoms with E-state index in [0.717, 1.165) is 24.1 Å². The van der Waals surface area contributed by atoms with E-state index in [4.69, 9.17) is 11.6 Å². The zero-order valence-electron chi connectivity index (χ0n) is 11.6. The molecule has 2 nitrogen and oxygen atoms in total. The lowest BCUT2D eigenvalue weighted by Gasteiger charge is -2.13. The first-order valence-electron chi connectivity index (χ1n) is 6.52. The Kier molecular flexibility index (Phi) is 4.52. The van der Waals surface area contributed by atoms with Crippen molar-refractivity contribution < 1.29 is 13.2 Å². The SMILES string of the molecule is CCCc1c(Cl)ncnc1-c1ccc(C(F)(F)F)cc1C. The Labute approximate surface area is 126 Å². The molecule has 0 saturated carbocycles. The van der Waals surface area contributed by atoms with Gasteiger partial charge in [-0.15, -0.1) is 0 Å². The van der Waals surface area contributed by atoms with E-state index in [-0.39, 0.29) is 0 Å². The van der Waals surface area contributed by atoms with E-state index in [9.17, 15) is 13.2 Å². The minimum absolute atomic E-state index is 0.348. The van der Waals surface area contributed by atoms with Gasteiger partial charge < -0.3 is 0 Å². The van der Waals surface area contributed by atoms with Crippen LogP contribution >= 0.6 is 11.6 Å². The molecule has 0 radical (unpaired) electrons. The molecule has 2 rings (SSSR count). The highest BCUT2D eigenvalue weighted by molar-refractivity contribution is 6.30. The Morgan fingerprint density at radius 2 is 1.90 bits per heavy atom. The number of hydrogen-bond donors (Lipinski definition) is 0. The van der Waals surface area contributed by atoms with Crippen molar-refractivity contribution in [1.82, 2.24) is 9.97 Å². The van der Waals surface area contributed by atoms with Crippen LogP contribution in [0.1, 0.15) is 30.0 Å². The lowest BCUT2D eigenvalue weighted by molar-refractivity contribution is -0.137. The van der Waals surface area contributed by atoms with Crippen molar-refractivity contribution in [2.45, 2.75) is 32.9 Å². The highest BCUT2D eigenvalue weighted by atomic mass is 35.5. The maximum absolute atomic E-state index is 12.7. The molecule has 1 aromatic carbocycles. The molecule has 0 fully saturated rings. The maximum atomic E-state index is 12.7. The molecule has 0 unspecified atom stereocenters. The van der Waals surface area contributed by atoms with E-state index in [1.807, 2.05) is 6.92 Å². The quantitative estimate of drug-likeness (QED) is 0.739. The van der Waals surface area contributed by atoms with Crippen LogP contribution in [0.25, 0.3) is 11.3 Å². The average molecular weight is 315 g/mol. The summed E-state index contributed by atoms with van der Waals surface area (Å²) in [5, 5.41) is 0.348. The summed E-state index contributed by atoms with van der Waals surface area (Å²) in [4.78, 5) is 8.15. The molecule has 0 aliphatic rings. The van der Waals surface area contributed by atoms with Gasteiger partial charge in [-0.25, -0.2) is 9.97 Å². The standard InChI is InChI=1S/C15H14ClF3N2/c1-3-4-12-13(20-8-21-14(12)16)11-6-5-10(7-9(11)2)15(17,18)19/h5-8H,3-4H2,1-2H3. The van der Waals surface area contributed by atoms with Gasteiger partial charge in [-0.1, -0.05) is 31.0 Å². The van der Waals surface area contributed by atoms with Crippen LogP contribution in [-0.4, -0.2) is 9.97 Å². The van der Waals surface area contributed by atoms with Crippen molar-refractivity contribution in [3.8, 4) is 11.3 Å². The number of nitrogens with zero attached hydrogens (tertiary/aromatic N) is 2. The molecule has 0 saturated heterocycles. The van der Waals surface area contributed by atoms with Gasteiger partial charge in [0, 0.05) is 11.1 Å². The second-order valence-corrected chi connectivity index (χ2v) is 5.13. The number of alkyl halides is 3. The largest absolute Gasteiger partial charge is 0.416 e. The van der Waals surface area contributed by atoms with Crippen LogP contribution < -0.4 is 0 Å². The summed E-state index contributed by atoms with van der Waals surface area (Å²) >= 11 is 6.08. The first kappa shape index (κ1) is 15.8. The van der Waals surface area contributed by atoms with Gasteiger partial charge in [0.2, 0.25) is 0 Å². The number of aryl methyl sites for hydroxylation is 1. The van der Waals surface area contributed by atoms with Gasteiger partial charge in [-0.3, -0.25) is 0 Å². The zero-order chi connectivity index (χ0) is 15.6. The molecule has 0 aliphatic heterocycles. The summed E-state index contributed by atoms with van der Waals surface area (Å²) in [6.45, 7) is 3.63. The molecule has 0 bridgehead atoms. The number of aromatic nitrogens is 2. The highest BCUT2D eigenvalue weighted by Gasteiger charge is 2.30. The first-order chi connectivity index (χ1) is 9.84. The Morgan fingerprint density at radius 3 is 2.48 bits per heavy atom. The summed E-state index contributed by atoms with van der Waals surface area (Å²) in [7, 11) is 0. The molecule has 0 N–H and O–H groups in total. The Hall–Kier alpha value is -1.62. The number of halogens is 4. The molecular formula is C15H14ClF3N2. The average Bonchev–Trinajstić information content (AvgIpc) is 2.40. The Balaban J connectivity index is 2.55. The van der Waals surface area contributed by atoms with E-state index < -0.39 is 11.7 Å². The predicted molar refractivity (Wildman–Crippen MR) is 76.2 cm³/mol. The topological polar surface area (TPSA) is 25.8 Å². The van der Waals surface area contributed by atoms with Crippen LogP contribution in [0.15, 0.2) is 24.5 Å². The third-order valence-corrected chi connectivity index (χ3v) is 3.53. The summed E-state index contributed by atoms with van der Waals surface area (Å²) in [5.41, 5.74) is 1.86. The molecule has 2 aromatic rings. The molecule has 112 valence electrons. The van der Waals surface area contributed by atoms with Gasteiger partial charge in [0.1, 0.15) is 11.5 Å². The summed E-state index contributed by atoms with van der Waals surface area (Å²) in [6, 6.07) is 3.63. The molecule has 1 heterocycles. The van der Waals surface area contributed by atoms with Gasteiger partial charge in [0.25, 0.3) is 0 Å². The van der Waals surface area contributed by atoms with Crippen LogP contribution in [0.5, 0.6) is 0 Å². The van der Waals surface area contributed by atoms with Crippen LogP contribution in [-0.2, 0) is 12.6 Å². The first-order valence-corrected chi connectivity index (χ1v) is 6.90. The van der Waals surface area contributed by atoms with Gasteiger partial charge in [0.15, 0.2) is 0 Å². The summed E-state index contributed by atoms with van der Waals surface area (Å²) < 4.78 is 38.2. The molecule has 0 spiro atoms. The van der Waals surface area contributed by atoms with E-state index >= 15 is 0 Å². The fraction of sp³-hybridized carbons (Fsp3) is 0.333. The third-order valence-electron chi connectivity index (χ3n) is 3.20. The van der Waals surface area contributed by atoms with Crippen molar-refractivity contribution in [2.24, 2.45) is 0 Å². The zero-order valence-corrected chi connectivity index (χ0v) is 12.4. The fourth-order valence-corrected chi connectivity index (χ4v) is 2.43. The third kappa shape index (κ3) is 3.35. The number of hydrogen-bond acceptors (Lipinski definition) is 2. The van der Waals surface area contributed by atoms with Crippen molar-refractivity contribution >= 4 is 11.6 Å². The lowest BCUT2D eigenvalue weighted by Crippen LogP contribution is -2.06. The van der Waals surface area contributed by atoms with E-state index in [1.165, 1.54) is 12.4 Å². The smallest absolute Gasteiger partial charge is 0.236 e. The van der Waals surface area contributed by atoms with Crippen LogP contribution in [0.2, 0.25) is 5.15 Å². The van der Waals surface area contributed by atoms with Crippen molar-refractivity contribution in [3.63, 3.8) is 0 Å². The number of rotatable bonds is 3. The van der Waals surface area contributed by atoms with Crippen molar-refractivity contribution in [3.05, 3.63) is 46.4 Å². The maximum Gasteiger partial charge on any atom is 0.416 e. The van der Waals surface area contributed by atoms with Crippen molar-refractivity contribution in [2.75, 3.05) is 0 Å². The minimum Gasteiger partial charge on any atom is -0.236 e. The van der Waals surface area contributed by atoms with Crippen LogP contribution in [0.4, 0.5) is 13.2 Å². The van der Waals surface area contributed by atoms with E-state index in [2.05, 4.69) is 9.97 Å².